The predicted molar refractivity (Wildman–Crippen MR) is 78.8 cm³/mol. The Kier molecular flexibility index (Phi) is 6.81. The first kappa shape index (κ1) is 14.5. The summed E-state index contributed by atoms with van der Waals surface area (Å²) in [5, 5.41) is 3.36. The monoisotopic (exact) mass is 245 g/mol. The summed E-state index contributed by atoms with van der Waals surface area (Å²) >= 11 is 0. The Morgan fingerprint density at radius 3 is 2.61 bits per heavy atom. The third kappa shape index (κ3) is 4.72. The summed E-state index contributed by atoms with van der Waals surface area (Å²) in [4.78, 5) is 6.79. The molecule has 3 heteroatoms. The van der Waals surface area contributed by atoms with Gasteiger partial charge in [-0.2, -0.15) is 0 Å². The predicted octanol–water partition coefficient (Wildman–Crippen LogP) is 2.76. The van der Waals surface area contributed by atoms with Crippen molar-refractivity contribution in [2.24, 2.45) is 0 Å². The van der Waals surface area contributed by atoms with Crippen molar-refractivity contribution >= 4 is 5.82 Å². The molecule has 98 valence electrons. The van der Waals surface area contributed by atoms with Gasteiger partial charge in [0.15, 0.2) is 0 Å². The van der Waals surface area contributed by atoms with Crippen molar-refractivity contribution in [3.63, 3.8) is 0 Å². The second-order valence-electron chi connectivity index (χ2n) is 4.15. The minimum absolute atomic E-state index is 0.783. The van der Waals surface area contributed by atoms with Crippen LogP contribution in [0.5, 0.6) is 0 Å². The normalized spacial score (nSPS) is 10.1. The van der Waals surface area contributed by atoms with Gasteiger partial charge in [0.05, 0.1) is 5.69 Å². The fourth-order valence-electron chi connectivity index (χ4n) is 1.71. The average Bonchev–Trinajstić information content (AvgIpc) is 2.39. The standard InChI is InChI=1S/C15H23N3/c1-4-10-16-13-14-8-7-9-15(17-14)18(11-5-2)12-6-3/h5-9,16H,2-4,10-13H2,1H3. The second-order valence-corrected chi connectivity index (χ2v) is 4.15. The van der Waals surface area contributed by atoms with Crippen LogP contribution in [0.2, 0.25) is 0 Å². The first-order valence-corrected chi connectivity index (χ1v) is 6.45. The lowest BCUT2D eigenvalue weighted by Gasteiger charge is -2.20. The van der Waals surface area contributed by atoms with Crippen molar-refractivity contribution in [2.75, 3.05) is 24.5 Å². The highest BCUT2D eigenvalue weighted by Gasteiger charge is 2.05. The van der Waals surface area contributed by atoms with E-state index in [1.54, 1.807) is 0 Å². The smallest absolute Gasteiger partial charge is 0.129 e. The molecule has 1 N–H and O–H groups in total. The van der Waals surface area contributed by atoms with Crippen molar-refractivity contribution < 1.29 is 0 Å². The molecule has 0 aliphatic carbocycles. The molecule has 0 bridgehead atoms. The summed E-state index contributed by atoms with van der Waals surface area (Å²) in [6, 6.07) is 6.12. The van der Waals surface area contributed by atoms with Gasteiger partial charge in [0.1, 0.15) is 5.82 Å². The van der Waals surface area contributed by atoms with Crippen molar-refractivity contribution in [1.29, 1.82) is 0 Å². The van der Waals surface area contributed by atoms with Crippen molar-refractivity contribution in [3.8, 4) is 0 Å². The maximum absolute atomic E-state index is 4.65. The summed E-state index contributed by atoms with van der Waals surface area (Å²) in [5.74, 6) is 0.977. The molecule has 0 aliphatic heterocycles. The number of aromatic nitrogens is 1. The number of rotatable bonds is 9. The van der Waals surface area contributed by atoms with E-state index in [1.807, 2.05) is 30.4 Å². The molecule has 0 spiro atoms. The molecule has 0 saturated heterocycles. The first-order valence-electron chi connectivity index (χ1n) is 6.45. The van der Waals surface area contributed by atoms with Crippen molar-refractivity contribution in [3.05, 3.63) is 49.2 Å². The van der Waals surface area contributed by atoms with E-state index in [1.165, 1.54) is 0 Å². The Morgan fingerprint density at radius 2 is 2.00 bits per heavy atom. The average molecular weight is 245 g/mol. The zero-order chi connectivity index (χ0) is 13.2. The summed E-state index contributed by atoms with van der Waals surface area (Å²) in [5.41, 5.74) is 1.07. The number of nitrogens with zero attached hydrogens (tertiary/aromatic N) is 2. The van der Waals surface area contributed by atoms with Crippen LogP contribution in [-0.2, 0) is 6.54 Å². The molecule has 0 saturated carbocycles. The molecule has 3 nitrogen and oxygen atoms in total. The van der Waals surface area contributed by atoms with Gasteiger partial charge in [0, 0.05) is 19.6 Å². The molecule has 0 aromatic carbocycles. The minimum Gasteiger partial charge on any atom is -0.349 e. The zero-order valence-electron chi connectivity index (χ0n) is 11.2. The van der Waals surface area contributed by atoms with Gasteiger partial charge in [-0.25, -0.2) is 4.98 Å². The van der Waals surface area contributed by atoms with Crippen LogP contribution in [0.4, 0.5) is 5.82 Å². The van der Waals surface area contributed by atoms with Crippen LogP contribution in [0.3, 0.4) is 0 Å². The minimum atomic E-state index is 0.783. The molecule has 1 heterocycles. The Hall–Kier alpha value is -1.61. The second kappa shape index (κ2) is 8.48. The third-order valence-electron chi connectivity index (χ3n) is 2.55. The van der Waals surface area contributed by atoms with Crippen molar-refractivity contribution in [1.82, 2.24) is 10.3 Å². The number of pyridine rings is 1. The maximum Gasteiger partial charge on any atom is 0.129 e. The van der Waals surface area contributed by atoms with Crippen LogP contribution < -0.4 is 10.2 Å². The number of hydrogen-bond acceptors (Lipinski definition) is 3. The lowest BCUT2D eigenvalue weighted by molar-refractivity contribution is 0.663. The topological polar surface area (TPSA) is 28.2 Å². The summed E-state index contributed by atoms with van der Waals surface area (Å²) in [7, 11) is 0. The zero-order valence-corrected chi connectivity index (χ0v) is 11.2. The highest BCUT2D eigenvalue weighted by atomic mass is 15.2. The number of hydrogen-bond donors (Lipinski definition) is 1. The van der Waals surface area contributed by atoms with Crippen LogP contribution >= 0.6 is 0 Å². The van der Waals surface area contributed by atoms with E-state index in [0.717, 1.165) is 44.1 Å². The fourth-order valence-corrected chi connectivity index (χ4v) is 1.71. The van der Waals surface area contributed by atoms with E-state index in [4.69, 9.17) is 0 Å². The van der Waals surface area contributed by atoms with Gasteiger partial charge < -0.3 is 10.2 Å². The quantitative estimate of drug-likeness (QED) is 0.535. The van der Waals surface area contributed by atoms with Gasteiger partial charge in [0.25, 0.3) is 0 Å². The molecular formula is C15H23N3. The molecule has 0 aliphatic rings. The van der Waals surface area contributed by atoms with E-state index < -0.39 is 0 Å². The fraction of sp³-hybridized carbons (Fsp3) is 0.400. The number of nitrogens with one attached hydrogen (secondary N) is 1. The van der Waals surface area contributed by atoms with Gasteiger partial charge in [-0.15, -0.1) is 13.2 Å². The van der Waals surface area contributed by atoms with Crippen LogP contribution in [0, 0.1) is 0 Å². The van der Waals surface area contributed by atoms with E-state index >= 15 is 0 Å². The maximum atomic E-state index is 4.65. The Morgan fingerprint density at radius 1 is 1.28 bits per heavy atom. The Labute approximate surface area is 110 Å². The third-order valence-corrected chi connectivity index (χ3v) is 2.55. The van der Waals surface area contributed by atoms with E-state index in [-0.39, 0.29) is 0 Å². The number of anilines is 1. The van der Waals surface area contributed by atoms with Gasteiger partial charge in [-0.05, 0) is 25.1 Å². The van der Waals surface area contributed by atoms with Crippen molar-refractivity contribution in [2.45, 2.75) is 19.9 Å². The molecule has 0 radical (unpaired) electrons. The Bertz CT molecular complexity index is 364. The summed E-state index contributed by atoms with van der Waals surface area (Å²) in [6.07, 6.45) is 4.90. The molecule has 0 amide bonds. The van der Waals surface area contributed by atoms with Gasteiger partial charge in [0.2, 0.25) is 0 Å². The molecule has 1 aromatic rings. The van der Waals surface area contributed by atoms with E-state index in [2.05, 4.69) is 35.3 Å². The molecule has 18 heavy (non-hydrogen) atoms. The van der Waals surface area contributed by atoms with Crippen LogP contribution in [0.1, 0.15) is 19.0 Å². The largest absolute Gasteiger partial charge is 0.349 e. The highest BCUT2D eigenvalue weighted by Crippen LogP contribution is 2.11. The molecule has 1 aromatic heterocycles. The first-order chi connectivity index (χ1) is 8.81. The van der Waals surface area contributed by atoms with Crippen LogP contribution in [-0.4, -0.2) is 24.6 Å². The molecule has 0 fully saturated rings. The molecule has 0 atom stereocenters. The lowest BCUT2D eigenvalue weighted by atomic mass is 10.3. The molecule has 1 rings (SSSR count). The lowest BCUT2D eigenvalue weighted by Crippen LogP contribution is -2.25. The van der Waals surface area contributed by atoms with Gasteiger partial charge in [-0.1, -0.05) is 25.1 Å². The summed E-state index contributed by atoms with van der Waals surface area (Å²) in [6.45, 7) is 13.1. The van der Waals surface area contributed by atoms with E-state index in [0.29, 0.717) is 0 Å². The molecule has 0 unspecified atom stereocenters. The van der Waals surface area contributed by atoms with Gasteiger partial charge in [-0.3, -0.25) is 0 Å². The van der Waals surface area contributed by atoms with Gasteiger partial charge >= 0.3 is 0 Å². The summed E-state index contributed by atoms with van der Waals surface area (Å²) < 4.78 is 0. The Balaban J connectivity index is 2.71. The van der Waals surface area contributed by atoms with Crippen LogP contribution in [0.15, 0.2) is 43.5 Å². The van der Waals surface area contributed by atoms with Crippen LogP contribution in [0.25, 0.3) is 0 Å². The van der Waals surface area contributed by atoms with E-state index in [9.17, 15) is 0 Å². The SMILES string of the molecule is C=CCN(CC=C)c1cccc(CNCCC)n1. The highest BCUT2D eigenvalue weighted by molar-refractivity contribution is 5.40. The molecular weight excluding hydrogens is 222 g/mol.